The molecule has 1 aromatic heterocycles. The number of anilines is 2. The van der Waals surface area contributed by atoms with Gasteiger partial charge in [-0.05, 0) is 24.3 Å². The highest BCUT2D eigenvalue weighted by molar-refractivity contribution is 6.37. The summed E-state index contributed by atoms with van der Waals surface area (Å²) in [5.41, 5.74) is 1.88. The van der Waals surface area contributed by atoms with Crippen LogP contribution in [0.2, 0.25) is 10.0 Å². The van der Waals surface area contributed by atoms with Crippen LogP contribution in [0.15, 0.2) is 30.5 Å². The van der Waals surface area contributed by atoms with E-state index in [1.165, 1.54) is 32.5 Å². The highest BCUT2D eigenvalue weighted by Gasteiger charge is 2.17. The number of pyridine rings is 1. The molecule has 6 nitrogen and oxygen atoms in total. The number of nitrogens with zero attached hydrogens (tertiary/aromatic N) is 2. The third-order valence-electron chi connectivity index (χ3n) is 3.79. The first kappa shape index (κ1) is 17.9. The summed E-state index contributed by atoms with van der Waals surface area (Å²) in [4.78, 5) is 4.32. The van der Waals surface area contributed by atoms with Gasteiger partial charge >= 0.3 is 0 Å². The third-order valence-corrected chi connectivity index (χ3v) is 4.36. The molecule has 0 aliphatic carbocycles. The van der Waals surface area contributed by atoms with Crippen LogP contribution in [0.25, 0.3) is 10.9 Å². The quantitative estimate of drug-likeness (QED) is 0.618. The number of nitrogens with one attached hydrogen (secondary N) is 1. The zero-order valence-electron chi connectivity index (χ0n) is 13.8. The second-order valence-corrected chi connectivity index (χ2v) is 6.08. The number of aromatic hydroxyl groups is 1. The number of nitriles is 1. The Bertz CT molecular complexity index is 1030. The highest BCUT2D eigenvalue weighted by atomic mass is 35.5. The zero-order valence-corrected chi connectivity index (χ0v) is 15.3. The van der Waals surface area contributed by atoms with Gasteiger partial charge in [0.15, 0.2) is 17.2 Å². The molecule has 0 atom stereocenters. The van der Waals surface area contributed by atoms with Crippen molar-refractivity contribution in [2.45, 2.75) is 0 Å². The molecule has 132 valence electrons. The van der Waals surface area contributed by atoms with Crippen LogP contribution >= 0.6 is 23.2 Å². The van der Waals surface area contributed by atoms with E-state index >= 15 is 0 Å². The van der Waals surface area contributed by atoms with Crippen molar-refractivity contribution in [2.75, 3.05) is 19.5 Å². The average Bonchev–Trinajstić information content (AvgIpc) is 2.65. The molecule has 0 amide bonds. The van der Waals surface area contributed by atoms with E-state index in [0.717, 1.165) is 0 Å². The Balaban J connectivity index is 2.23. The number of fused-ring (bicyclic) bond motifs is 1. The van der Waals surface area contributed by atoms with Crippen molar-refractivity contribution in [1.82, 2.24) is 4.98 Å². The van der Waals surface area contributed by atoms with Gasteiger partial charge < -0.3 is 19.9 Å². The van der Waals surface area contributed by atoms with E-state index < -0.39 is 0 Å². The van der Waals surface area contributed by atoms with E-state index in [0.29, 0.717) is 39.3 Å². The molecule has 26 heavy (non-hydrogen) atoms. The monoisotopic (exact) mass is 389 g/mol. The molecule has 0 unspecified atom stereocenters. The predicted octanol–water partition coefficient (Wildman–Crippen LogP) is 4.88. The average molecular weight is 390 g/mol. The predicted molar refractivity (Wildman–Crippen MR) is 101 cm³/mol. The number of hydrogen-bond donors (Lipinski definition) is 2. The number of halogens is 2. The van der Waals surface area contributed by atoms with E-state index in [4.69, 9.17) is 32.7 Å². The van der Waals surface area contributed by atoms with Crippen LogP contribution in [-0.4, -0.2) is 24.3 Å². The Morgan fingerprint density at radius 1 is 1.15 bits per heavy atom. The number of aromatic nitrogens is 1. The van der Waals surface area contributed by atoms with Gasteiger partial charge in [0, 0.05) is 17.3 Å². The van der Waals surface area contributed by atoms with Gasteiger partial charge in [0.05, 0.1) is 35.5 Å². The zero-order chi connectivity index (χ0) is 18.8. The maximum absolute atomic E-state index is 9.71. The summed E-state index contributed by atoms with van der Waals surface area (Å²) in [5.74, 6) is 0.781. The lowest BCUT2D eigenvalue weighted by molar-refractivity contribution is 0.358. The number of ether oxygens (including phenoxy) is 2. The first-order valence-electron chi connectivity index (χ1n) is 7.39. The molecule has 0 radical (unpaired) electrons. The van der Waals surface area contributed by atoms with Crippen molar-refractivity contribution >= 4 is 45.5 Å². The van der Waals surface area contributed by atoms with Crippen LogP contribution in [-0.2, 0) is 0 Å². The minimum absolute atomic E-state index is 0.0936. The smallest absolute Gasteiger partial charge is 0.187 e. The van der Waals surface area contributed by atoms with Crippen molar-refractivity contribution in [3.8, 4) is 23.3 Å². The lowest BCUT2D eigenvalue weighted by Gasteiger charge is -2.15. The summed E-state index contributed by atoms with van der Waals surface area (Å²) >= 11 is 12.0. The maximum atomic E-state index is 9.71. The van der Waals surface area contributed by atoms with E-state index in [-0.39, 0.29) is 15.8 Å². The van der Waals surface area contributed by atoms with Gasteiger partial charge in [-0.25, -0.2) is 0 Å². The van der Waals surface area contributed by atoms with E-state index in [1.807, 2.05) is 0 Å². The Morgan fingerprint density at radius 2 is 1.85 bits per heavy atom. The topological polar surface area (TPSA) is 87.4 Å². The molecule has 3 rings (SSSR count). The minimum atomic E-state index is -0.203. The van der Waals surface area contributed by atoms with Gasteiger partial charge in [-0.2, -0.15) is 5.26 Å². The van der Waals surface area contributed by atoms with Crippen molar-refractivity contribution in [1.29, 1.82) is 5.26 Å². The second kappa shape index (κ2) is 7.16. The van der Waals surface area contributed by atoms with Crippen LogP contribution < -0.4 is 14.8 Å². The molecule has 0 aliphatic rings. The molecule has 2 N–H and O–H groups in total. The number of rotatable bonds is 4. The number of methoxy groups -OCH3 is 2. The molecule has 3 aromatic rings. The molecule has 0 saturated heterocycles. The Labute approximate surface area is 159 Å². The van der Waals surface area contributed by atoms with Crippen molar-refractivity contribution in [3.05, 3.63) is 46.1 Å². The van der Waals surface area contributed by atoms with Gasteiger partial charge in [-0.1, -0.05) is 23.2 Å². The number of phenols is 1. The van der Waals surface area contributed by atoms with Crippen molar-refractivity contribution in [2.24, 2.45) is 0 Å². The Morgan fingerprint density at radius 3 is 2.42 bits per heavy atom. The van der Waals surface area contributed by atoms with Crippen LogP contribution in [0.4, 0.5) is 11.4 Å². The summed E-state index contributed by atoms with van der Waals surface area (Å²) < 4.78 is 10.7. The fourth-order valence-electron chi connectivity index (χ4n) is 2.58. The minimum Gasteiger partial charge on any atom is -0.505 e. The molecule has 0 bridgehead atoms. The normalized spacial score (nSPS) is 10.4. The van der Waals surface area contributed by atoms with Crippen molar-refractivity contribution in [3.63, 3.8) is 0 Å². The number of phenolic OH excluding ortho intramolecular Hbond substituents is 1. The first-order valence-corrected chi connectivity index (χ1v) is 8.14. The van der Waals surface area contributed by atoms with Crippen LogP contribution in [0.3, 0.4) is 0 Å². The third kappa shape index (κ3) is 3.03. The standard InChI is InChI=1S/C18H13Cl2N3O3/c1-25-14-4-3-11-15(9(7-21)8-22-16(11)18(14)26-2)23-10-5-12(19)17(24)13(20)6-10/h3-6,8,24H,1-2H3,(H,22,23). The maximum Gasteiger partial charge on any atom is 0.187 e. The van der Waals surface area contributed by atoms with E-state index in [9.17, 15) is 10.4 Å². The Hall–Kier alpha value is -2.88. The largest absolute Gasteiger partial charge is 0.505 e. The van der Waals surface area contributed by atoms with Crippen LogP contribution in [0.5, 0.6) is 17.2 Å². The number of benzene rings is 2. The van der Waals surface area contributed by atoms with Crippen molar-refractivity contribution < 1.29 is 14.6 Å². The summed E-state index contributed by atoms with van der Waals surface area (Å²) in [6, 6.07) is 8.63. The van der Waals surface area contributed by atoms with Gasteiger partial charge in [-0.3, -0.25) is 4.98 Å². The second-order valence-electron chi connectivity index (χ2n) is 5.27. The Kier molecular flexibility index (Phi) is 4.94. The molecular formula is C18H13Cl2N3O3. The number of hydrogen-bond acceptors (Lipinski definition) is 6. The lowest BCUT2D eigenvalue weighted by atomic mass is 10.1. The molecule has 0 spiro atoms. The molecule has 0 fully saturated rings. The molecular weight excluding hydrogens is 377 g/mol. The summed E-state index contributed by atoms with van der Waals surface area (Å²) in [5, 5.41) is 23.1. The van der Waals surface area contributed by atoms with Gasteiger partial charge in [0.1, 0.15) is 11.6 Å². The van der Waals surface area contributed by atoms with Gasteiger partial charge in [-0.15, -0.1) is 0 Å². The first-order chi connectivity index (χ1) is 12.5. The lowest BCUT2D eigenvalue weighted by Crippen LogP contribution is -1.99. The molecule has 8 heteroatoms. The summed E-state index contributed by atoms with van der Waals surface area (Å²) in [6.45, 7) is 0. The molecule has 2 aromatic carbocycles. The molecule has 0 aliphatic heterocycles. The van der Waals surface area contributed by atoms with E-state index in [1.54, 1.807) is 12.1 Å². The van der Waals surface area contributed by atoms with E-state index in [2.05, 4.69) is 16.4 Å². The fourth-order valence-corrected chi connectivity index (χ4v) is 3.07. The molecule has 0 saturated carbocycles. The molecule has 1 heterocycles. The summed E-state index contributed by atoms with van der Waals surface area (Å²) in [6.07, 6.45) is 1.44. The SMILES string of the molecule is COc1ccc2c(Nc3cc(Cl)c(O)c(Cl)c3)c(C#N)cnc2c1OC. The van der Waals surface area contributed by atoms with Gasteiger partial charge in [0.2, 0.25) is 0 Å². The van der Waals surface area contributed by atoms with Crippen LogP contribution in [0.1, 0.15) is 5.56 Å². The fraction of sp³-hybridized carbons (Fsp3) is 0.111. The summed E-state index contributed by atoms with van der Waals surface area (Å²) in [7, 11) is 3.05. The van der Waals surface area contributed by atoms with Crippen LogP contribution in [0, 0.1) is 11.3 Å². The van der Waals surface area contributed by atoms with Gasteiger partial charge in [0.25, 0.3) is 0 Å². The highest BCUT2D eigenvalue weighted by Crippen LogP contribution is 2.40.